The van der Waals surface area contributed by atoms with E-state index in [0.717, 1.165) is 37.1 Å². The van der Waals surface area contributed by atoms with Gasteiger partial charge in [-0.1, -0.05) is 61.0 Å². The third-order valence-corrected chi connectivity index (χ3v) is 5.71. The molecule has 0 aliphatic carbocycles. The maximum absolute atomic E-state index is 11.0. The normalized spacial score (nSPS) is 13.3. The van der Waals surface area contributed by atoms with Crippen molar-refractivity contribution in [3.05, 3.63) is 70.2 Å². The highest BCUT2D eigenvalue weighted by atomic mass is 35.5. The van der Waals surface area contributed by atoms with Crippen LogP contribution in [0.1, 0.15) is 62.5 Å². The fourth-order valence-corrected chi connectivity index (χ4v) is 3.48. The van der Waals surface area contributed by atoms with Gasteiger partial charge in [-0.2, -0.15) is 0 Å². The van der Waals surface area contributed by atoms with Gasteiger partial charge < -0.3 is 9.83 Å². The molecule has 0 atom stereocenters. The molecule has 5 nitrogen and oxygen atoms in total. The van der Waals surface area contributed by atoms with Crippen molar-refractivity contribution in [2.45, 2.75) is 61.2 Å². The van der Waals surface area contributed by atoms with Crippen LogP contribution in [0.2, 0.25) is 11.8 Å². The van der Waals surface area contributed by atoms with Gasteiger partial charge in [0.05, 0.1) is 0 Å². The summed E-state index contributed by atoms with van der Waals surface area (Å²) >= 11 is 5.66. The molecule has 0 bridgehead atoms. The van der Waals surface area contributed by atoms with E-state index in [4.69, 9.17) is 11.6 Å². The molecule has 0 spiro atoms. The van der Waals surface area contributed by atoms with Crippen LogP contribution in [0.25, 0.3) is 0 Å². The van der Waals surface area contributed by atoms with Gasteiger partial charge in [-0.15, -0.1) is 0 Å². The van der Waals surface area contributed by atoms with E-state index in [1.807, 2.05) is 48.1 Å². The van der Waals surface area contributed by atoms with Crippen molar-refractivity contribution in [2.75, 3.05) is 13.1 Å². The molecule has 1 aliphatic heterocycles. The number of ketones is 3. The Balaban J connectivity index is 0.000000475. The highest BCUT2D eigenvalue weighted by Gasteiger charge is 2.25. The highest BCUT2D eigenvalue weighted by molar-refractivity contribution is 6.45. The van der Waals surface area contributed by atoms with Crippen LogP contribution in [0.3, 0.4) is 0 Å². The standard InChI is InChI=1S/C9H9ClO.C9H10O.C8H16BNO2.CH4/c1-7(11)6-8-2-4-9(10)5-3-8;1-7-3-5-9(6-4-7)8(2)10;1-7(11)8-3-5-10(6-4-8)9(2)12;/h2-5H,6H2,1H3;3-6H,1-2H3;8,12H,3-6H2,1-2H3;1H4. The molecule has 2 aromatic carbocycles. The van der Waals surface area contributed by atoms with E-state index in [1.165, 1.54) is 5.56 Å². The number of Topliss-reactive ketones (excluding diaryl/α,β-unsaturated/α-hetero) is 3. The number of hydrogen-bond donors (Lipinski definition) is 1. The second-order valence-electron chi connectivity index (χ2n) is 8.48. The van der Waals surface area contributed by atoms with Crippen molar-refractivity contribution < 1.29 is 19.4 Å². The quantitative estimate of drug-likeness (QED) is 0.432. The van der Waals surface area contributed by atoms with E-state index in [0.29, 0.717) is 17.2 Å². The molecule has 3 rings (SSSR count). The Hall–Kier alpha value is -2.28. The largest absolute Gasteiger partial charge is 0.437 e. The molecule has 2 aromatic rings. The van der Waals surface area contributed by atoms with Gasteiger partial charge in [-0.05, 0) is 78.1 Å². The van der Waals surface area contributed by atoms with E-state index in [1.54, 1.807) is 39.7 Å². The van der Waals surface area contributed by atoms with Gasteiger partial charge in [0.25, 0.3) is 0 Å². The van der Waals surface area contributed by atoms with Crippen LogP contribution in [-0.2, 0) is 16.0 Å². The maximum atomic E-state index is 11.0. The Bertz CT molecular complexity index is 890. The first-order valence-corrected chi connectivity index (χ1v) is 11.6. The molecule has 186 valence electrons. The van der Waals surface area contributed by atoms with Gasteiger partial charge in [0.1, 0.15) is 11.6 Å². The second-order valence-corrected chi connectivity index (χ2v) is 8.92. The second kappa shape index (κ2) is 16.4. The Morgan fingerprint density at radius 1 is 0.971 bits per heavy atom. The predicted molar refractivity (Wildman–Crippen MR) is 143 cm³/mol. The van der Waals surface area contributed by atoms with Gasteiger partial charge in [0.15, 0.2) is 5.78 Å². The molecule has 1 N–H and O–H groups in total. The van der Waals surface area contributed by atoms with Gasteiger partial charge in [0.2, 0.25) is 0 Å². The molecule has 0 saturated carbocycles. The lowest BCUT2D eigenvalue weighted by Crippen LogP contribution is -2.43. The van der Waals surface area contributed by atoms with Gasteiger partial charge in [-0.3, -0.25) is 14.4 Å². The lowest BCUT2D eigenvalue weighted by Gasteiger charge is -2.31. The summed E-state index contributed by atoms with van der Waals surface area (Å²) in [6.07, 6.45) is 2.30. The molecule has 1 saturated heterocycles. The van der Waals surface area contributed by atoms with Crippen LogP contribution < -0.4 is 0 Å². The number of nitrogens with zero attached hydrogens (tertiary/aromatic N) is 1. The van der Waals surface area contributed by atoms with Crippen molar-refractivity contribution >= 4 is 36.0 Å². The predicted octanol–water partition coefficient (Wildman–Crippen LogP) is 5.70. The van der Waals surface area contributed by atoms with Crippen LogP contribution >= 0.6 is 11.6 Å². The first kappa shape index (κ1) is 31.7. The van der Waals surface area contributed by atoms with E-state index < -0.39 is 0 Å². The van der Waals surface area contributed by atoms with Crippen LogP contribution in [0, 0.1) is 12.8 Å². The molecule has 0 radical (unpaired) electrons. The van der Waals surface area contributed by atoms with Crippen molar-refractivity contribution in [3.63, 3.8) is 0 Å². The van der Waals surface area contributed by atoms with Crippen molar-refractivity contribution in [2.24, 2.45) is 5.92 Å². The fraction of sp³-hybridized carbons (Fsp3) is 0.444. The summed E-state index contributed by atoms with van der Waals surface area (Å²) in [5, 5.41) is 9.95. The zero-order chi connectivity index (χ0) is 25.0. The average Bonchev–Trinajstić information content (AvgIpc) is 2.76. The smallest absolute Gasteiger partial charge is 0.376 e. The number of hydrogen-bond acceptors (Lipinski definition) is 5. The zero-order valence-electron chi connectivity index (χ0n) is 20.3. The Kier molecular flexibility index (Phi) is 15.3. The van der Waals surface area contributed by atoms with Gasteiger partial charge >= 0.3 is 7.05 Å². The number of aryl methyl sites for hydroxylation is 1. The molecular formula is C27H39BClNO4. The van der Waals surface area contributed by atoms with Gasteiger partial charge in [-0.25, -0.2) is 0 Å². The highest BCUT2D eigenvalue weighted by Crippen LogP contribution is 2.18. The lowest BCUT2D eigenvalue weighted by molar-refractivity contribution is -0.121. The van der Waals surface area contributed by atoms with Crippen LogP contribution in [-0.4, -0.2) is 47.3 Å². The average molecular weight is 488 g/mol. The lowest BCUT2D eigenvalue weighted by atomic mass is 9.80. The maximum Gasteiger partial charge on any atom is 0.376 e. The SMILES string of the molecule is C.CB(O)N1CCC(C(C)=O)CC1.CC(=O)Cc1ccc(Cl)cc1.CC(=O)c1ccc(C)cc1. The fourth-order valence-electron chi connectivity index (χ4n) is 3.36. The van der Waals surface area contributed by atoms with Crippen molar-refractivity contribution in [3.8, 4) is 0 Å². The van der Waals surface area contributed by atoms with E-state index in [2.05, 4.69) is 0 Å². The summed E-state index contributed by atoms with van der Waals surface area (Å²) in [5.74, 6) is 0.826. The topological polar surface area (TPSA) is 74.7 Å². The van der Waals surface area contributed by atoms with E-state index in [9.17, 15) is 19.4 Å². The van der Waals surface area contributed by atoms with Crippen LogP contribution in [0.5, 0.6) is 0 Å². The molecule has 34 heavy (non-hydrogen) atoms. The number of carbonyl (C=O) groups is 3. The zero-order valence-corrected chi connectivity index (χ0v) is 21.1. The first-order chi connectivity index (χ1) is 15.5. The Labute approximate surface area is 210 Å². The third kappa shape index (κ3) is 12.8. The molecule has 1 heterocycles. The van der Waals surface area contributed by atoms with Crippen LogP contribution in [0.15, 0.2) is 48.5 Å². The number of rotatable bonds is 5. The Morgan fingerprint density at radius 3 is 1.85 bits per heavy atom. The number of piperidine rings is 1. The summed E-state index contributed by atoms with van der Waals surface area (Å²) in [5.41, 5.74) is 2.98. The number of halogens is 1. The third-order valence-electron chi connectivity index (χ3n) is 5.46. The minimum Gasteiger partial charge on any atom is -0.437 e. The van der Waals surface area contributed by atoms with Crippen molar-refractivity contribution in [1.82, 2.24) is 4.81 Å². The van der Waals surface area contributed by atoms with Crippen LogP contribution in [0.4, 0.5) is 0 Å². The van der Waals surface area contributed by atoms with E-state index >= 15 is 0 Å². The summed E-state index contributed by atoms with van der Waals surface area (Å²) in [6.45, 7) is 10.3. The molecule has 1 fully saturated rings. The summed E-state index contributed by atoms with van der Waals surface area (Å²) in [7, 11) is -0.363. The summed E-state index contributed by atoms with van der Waals surface area (Å²) < 4.78 is 0. The number of carbonyl (C=O) groups excluding carboxylic acids is 3. The van der Waals surface area contributed by atoms with E-state index in [-0.39, 0.29) is 32.0 Å². The molecular weight excluding hydrogens is 449 g/mol. The first-order valence-electron chi connectivity index (χ1n) is 11.2. The Morgan fingerprint density at radius 2 is 1.47 bits per heavy atom. The summed E-state index contributed by atoms with van der Waals surface area (Å²) in [6, 6.07) is 14.9. The molecule has 1 aliphatic rings. The number of benzene rings is 2. The molecule has 0 amide bonds. The van der Waals surface area contributed by atoms with Crippen molar-refractivity contribution in [1.29, 1.82) is 0 Å². The summed E-state index contributed by atoms with van der Waals surface area (Å²) in [4.78, 5) is 34.4. The monoisotopic (exact) mass is 487 g/mol. The van der Waals surface area contributed by atoms with Gasteiger partial charge in [0, 0.05) is 22.9 Å². The molecule has 0 aromatic heterocycles. The minimum atomic E-state index is -0.363. The molecule has 7 heteroatoms. The minimum absolute atomic E-state index is 0. The molecule has 0 unspecified atom stereocenters.